The Morgan fingerprint density at radius 2 is 1.82 bits per heavy atom. The molecule has 110 valence electrons. The number of aromatic nitrogens is 1. The summed E-state index contributed by atoms with van der Waals surface area (Å²) in [7, 11) is 0. The molecule has 0 fully saturated rings. The predicted molar refractivity (Wildman–Crippen MR) is 86.3 cm³/mol. The van der Waals surface area contributed by atoms with Crippen LogP contribution in [0.4, 0.5) is 0 Å². The molecule has 22 heavy (non-hydrogen) atoms. The van der Waals surface area contributed by atoms with Gasteiger partial charge in [0.1, 0.15) is 15.6 Å². The molecule has 2 N–H and O–H groups in total. The number of benzene rings is 2. The van der Waals surface area contributed by atoms with Crippen LogP contribution in [0.5, 0.6) is 5.75 Å². The highest BCUT2D eigenvalue weighted by atomic mass is 32.1. The third-order valence-electron chi connectivity index (χ3n) is 3.32. The number of rotatable bonds is 3. The number of carbonyl (C=O) groups is 1. The van der Waals surface area contributed by atoms with E-state index in [1.54, 1.807) is 13.0 Å². The van der Waals surface area contributed by atoms with Gasteiger partial charge in [-0.15, -0.1) is 11.3 Å². The fourth-order valence-electron chi connectivity index (χ4n) is 2.23. The van der Waals surface area contributed by atoms with Crippen molar-refractivity contribution in [2.75, 3.05) is 0 Å². The van der Waals surface area contributed by atoms with Gasteiger partial charge in [0.05, 0.1) is 11.3 Å². The zero-order valence-electron chi connectivity index (χ0n) is 11.8. The Morgan fingerprint density at radius 1 is 1.09 bits per heavy atom. The molecule has 4 nitrogen and oxygen atoms in total. The Kier molecular flexibility index (Phi) is 3.65. The first-order valence-corrected chi connectivity index (χ1v) is 7.47. The zero-order chi connectivity index (χ0) is 15.7. The Morgan fingerprint density at radius 3 is 2.45 bits per heavy atom. The molecular weight excluding hydrogens is 298 g/mol. The van der Waals surface area contributed by atoms with Crippen molar-refractivity contribution < 1.29 is 15.0 Å². The topological polar surface area (TPSA) is 70.4 Å². The second-order valence-electron chi connectivity index (χ2n) is 4.84. The van der Waals surface area contributed by atoms with Gasteiger partial charge in [0.15, 0.2) is 0 Å². The van der Waals surface area contributed by atoms with Crippen LogP contribution in [0.3, 0.4) is 0 Å². The van der Waals surface area contributed by atoms with Crippen molar-refractivity contribution in [3.8, 4) is 27.4 Å². The molecule has 3 rings (SSSR count). The third kappa shape index (κ3) is 2.58. The maximum Gasteiger partial charge on any atom is 0.347 e. The lowest BCUT2D eigenvalue weighted by Gasteiger charge is -2.06. The predicted octanol–water partition coefficient (Wildman–Crippen LogP) is 4.19. The van der Waals surface area contributed by atoms with E-state index in [0.717, 1.165) is 22.5 Å². The van der Waals surface area contributed by atoms with E-state index in [4.69, 9.17) is 5.11 Å². The van der Waals surface area contributed by atoms with Gasteiger partial charge < -0.3 is 10.2 Å². The Balaban J connectivity index is 2.11. The van der Waals surface area contributed by atoms with Crippen molar-refractivity contribution in [1.29, 1.82) is 0 Å². The van der Waals surface area contributed by atoms with Crippen LogP contribution in [0.25, 0.3) is 21.7 Å². The summed E-state index contributed by atoms with van der Waals surface area (Å²) in [6.07, 6.45) is 0. The lowest BCUT2D eigenvalue weighted by Crippen LogP contribution is -1.94. The number of carboxylic acid groups (broad SMARTS) is 1. The minimum Gasteiger partial charge on any atom is -0.507 e. The van der Waals surface area contributed by atoms with Gasteiger partial charge in [0.2, 0.25) is 0 Å². The van der Waals surface area contributed by atoms with Crippen molar-refractivity contribution in [3.05, 3.63) is 59.1 Å². The highest BCUT2D eigenvalue weighted by Crippen LogP contribution is 2.36. The molecule has 0 atom stereocenters. The van der Waals surface area contributed by atoms with Crippen LogP contribution in [-0.2, 0) is 0 Å². The van der Waals surface area contributed by atoms with Crippen LogP contribution in [-0.4, -0.2) is 21.2 Å². The summed E-state index contributed by atoms with van der Waals surface area (Å²) in [4.78, 5) is 15.6. The Bertz CT molecular complexity index is 840. The minimum atomic E-state index is -1.00. The summed E-state index contributed by atoms with van der Waals surface area (Å²) in [6, 6.07) is 15.0. The molecule has 1 aromatic heterocycles. The maximum atomic E-state index is 11.1. The molecule has 5 heteroatoms. The number of aromatic hydroxyl groups is 1. The summed E-state index contributed by atoms with van der Waals surface area (Å²) >= 11 is 1.07. The van der Waals surface area contributed by atoms with Crippen LogP contribution in [0, 0.1) is 6.92 Å². The molecule has 1 heterocycles. The van der Waals surface area contributed by atoms with Crippen molar-refractivity contribution in [3.63, 3.8) is 0 Å². The van der Waals surface area contributed by atoms with Gasteiger partial charge in [0, 0.05) is 0 Å². The quantitative estimate of drug-likeness (QED) is 0.761. The van der Waals surface area contributed by atoms with Crippen molar-refractivity contribution >= 4 is 17.3 Å². The minimum absolute atomic E-state index is 0.0883. The van der Waals surface area contributed by atoms with Gasteiger partial charge in [-0.2, -0.15) is 0 Å². The Labute approximate surface area is 131 Å². The normalized spacial score (nSPS) is 10.6. The van der Waals surface area contributed by atoms with Gasteiger partial charge in [0.25, 0.3) is 0 Å². The number of thiazole rings is 1. The van der Waals surface area contributed by atoms with Crippen molar-refractivity contribution in [2.45, 2.75) is 6.92 Å². The fraction of sp³-hybridized carbons (Fsp3) is 0.0588. The van der Waals surface area contributed by atoms with Gasteiger partial charge in [-0.1, -0.05) is 36.4 Å². The molecule has 0 spiro atoms. The van der Waals surface area contributed by atoms with Crippen LogP contribution in [0.2, 0.25) is 0 Å². The highest BCUT2D eigenvalue weighted by Gasteiger charge is 2.17. The van der Waals surface area contributed by atoms with E-state index >= 15 is 0 Å². The summed E-state index contributed by atoms with van der Waals surface area (Å²) in [5.74, 6) is -0.912. The van der Waals surface area contributed by atoms with E-state index in [1.165, 1.54) is 0 Å². The first kappa shape index (κ1) is 14.3. The molecule has 3 aromatic rings. The number of hydrogen-bond donors (Lipinski definition) is 2. The number of aryl methyl sites for hydroxylation is 1. The number of hydrogen-bond acceptors (Lipinski definition) is 4. The second kappa shape index (κ2) is 5.61. The van der Waals surface area contributed by atoms with Gasteiger partial charge in [-0.3, -0.25) is 0 Å². The smallest absolute Gasteiger partial charge is 0.347 e. The molecule has 0 saturated carbocycles. The van der Waals surface area contributed by atoms with E-state index in [0.29, 0.717) is 16.3 Å². The van der Waals surface area contributed by atoms with Crippen molar-refractivity contribution in [2.24, 2.45) is 0 Å². The van der Waals surface area contributed by atoms with E-state index < -0.39 is 5.97 Å². The number of aromatic carboxylic acids is 1. The highest BCUT2D eigenvalue weighted by molar-refractivity contribution is 7.17. The van der Waals surface area contributed by atoms with E-state index in [-0.39, 0.29) is 10.6 Å². The zero-order valence-corrected chi connectivity index (χ0v) is 12.6. The molecule has 0 saturated heterocycles. The van der Waals surface area contributed by atoms with E-state index in [1.807, 2.05) is 42.5 Å². The second-order valence-corrected chi connectivity index (χ2v) is 5.84. The lowest BCUT2D eigenvalue weighted by molar-refractivity contribution is 0.0701. The average molecular weight is 311 g/mol. The molecule has 0 bridgehead atoms. The molecular formula is C17H13NO3S. The van der Waals surface area contributed by atoms with Gasteiger partial charge in [-0.25, -0.2) is 9.78 Å². The van der Waals surface area contributed by atoms with Crippen LogP contribution >= 0.6 is 11.3 Å². The molecule has 0 amide bonds. The molecule has 0 aliphatic heterocycles. The van der Waals surface area contributed by atoms with Crippen molar-refractivity contribution in [1.82, 2.24) is 4.98 Å². The summed E-state index contributed by atoms with van der Waals surface area (Å²) in [5.41, 5.74) is 2.97. The van der Waals surface area contributed by atoms with Crippen LogP contribution < -0.4 is 0 Å². The summed E-state index contributed by atoms with van der Waals surface area (Å²) in [6.45, 7) is 1.65. The number of nitrogens with zero attached hydrogens (tertiary/aromatic N) is 1. The van der Waals surface area contributed by atoms with Gasteiger partial charge >= 0.3 is 5.97 Å². The molecule has 0 aliphatic carbocycles. The molecule has 0 radical (unpaired) electrons. The summed E-state index contributed by atoms with van der Waals surface area (Å²) in [5, 5.41) is 19.7. The van der Waals surface area contributed by atoms with E-state index in [2.05, 4.69) is 4.98 Å². The molecule has 0 unspecified atom stereocenters. The molecule has 0 aliphatic rings. The SMILES string of the molecule is Cc1nc(-c2cc(-c3ccccc3)ccc2O)sc1C(=O)O. The largest absolute Gasteiger partial charge is 0.507 e. The lowest BCUT2D eigenvalue weighted by atomic mass is 10.0. The van der Waals surface area contributed by atoms with E-state index in [9.17, 15) is 9.90 Å². The number of carboxylic acids is 1. The fourth-order valence-corrected chi connectivity index (χ4v) is 3.16. The van der Waals surface area contributed by atoms with Crippen LogP contribution in [0.1, 0.15) is 15.4 Å². The number of phenols is 1. The standard InChI is InChI=1S/C17H13NO3S/c1-10-15(17(20)21)22-16(18-10)13-9-12(7-8-14(13)19)11-5-3-2-4-6-11/h2-9,19H,1H3,(H,20,21). The summed E-state index contributed by atoms with van der Waals surface area (Å²) < 4.78 is 0. The average Bonchev–Trinajstić information content (AvgIpc) is 2.90. The first-order valence-electron chi connectivity index (χ1n) is 6.66. The Hall–Kier alpha value is -2.66. The third-order valence-corrected chi connectivity index (χ3v) is 4.50. The maximum absolute atomic E-state index is 11.1. The monoisotopic (exact) mass is 311 g/mol. The first-order chi connectivity index (χ1) is 10.6. The molecule has 2 aromatic carbocycles. The van der Waals surface area contributed by atoms with Crippen LogP contribution in [0.15, 0.2) is 48.5 Å². The van der Waals surface area contributed by atoms with Gasteiger partial charge in [-0.05, 0) is 30.2 Å². The number of phenolic OH excluding ortho intramolecular Hbond substituents is 1.